The number of nitrogens with zero attached hydrogens (tertiary/aromatic N) is 1. The summed E-state index contributed by atoms with van der Waals surface area (Å²) >= 11 is 0. The summed E-state index contributed by atoms with van der Waals surface area (Å²) in [7, 11) is -1.25. The predicted molar refractivity (Wildman–Crippen MR) is 53.6 cm³/mol. The molecule has 14 heavy (non-hydrogen) atoms. The van der Waals surface area contributed by atoms with E-state index in [-0.39, 0.29) is 10.9 Å². The van der Waals surface area contributed by atoms with Crippen LogP contribution in [0.5, 0.6) is 0 Å². The van der Waals surface area contributed by atoms with Gasteiger partial charge in [-0.25, -0.2) is 9.79 Å². The van der Waals surface area contributed by atoms with Gasteiger partial charge in [-0.3, -0.25) is 4.21 Å². The van der Waals surface area contributed by atoms with Gasteiger partial charge in [0.05, 0.1) is 23.6 Å². The van der Waals surface area contributed by atoms with Gasteiger partial charge < -0.3 is 10.1 Å². The summed E-state index contributed by atoms with van der Waals surface area (Å²) in [6, 6.07) is 0. The standard InChI is InChI=1S/C8H10N2O3S/c1-3-13-7-4-9-8(14(2)12)10-6(7)5-11/h4H,3H2,1-2H3,(H,9,10). The average Bonchev–Trinajstić information content (AvgIpc) is 2.18. The van der Waals surface area contributed by atoms with Crippen molar-refractivity contribution in [1.82, 2.24) is 5.32 Å². The lowest BCUT2D eigenvalue weighted by Gasteiger charge is -2.14. The first-order chi connectivity index (χ1) is 6.69. The van der Waals surface area contributed by atoms with Crippen LogP contribution < -0.4 is 5.32 Å². The SMILES string of the molecule is CCOC1=CN=C(S(C)=O)NC1=C=O. The Bertz CT molecular complexity index is 367. The molecular formula is C8H10N2O3S. The van der Waals surface area contributed by atoms with E-state index in [1.807, 2.05) is 0 Å². The summed E-state index contributed by atoms with van der Waals surface area (Å²) in [5.74, 6) is 1.99. The van der Waals surface area contributed by atoms with Crippen LogP contribution in [0.3, 0.4) is 0 Å². The number of hydrogen-bond acceptors (Lipinski definition) is 5. The maximum atomic E-state index is 11.0. The highest BCUT2D eigenvalue weighted by molar-refractivity contribution is 7.99. The zero-order valence-corrected chi connectivity index (χ0v) is 8.68. The Morgan fingerprint density at radius 2 is 2.43 bits per heavy atom. The van der Waals surface area contributed by atoms with Crippen LogP contribution in [0.2, 0.25) is 0 Å². The molecule has 0 fully saturated rings. The maximum Gasteiger partial charge on any atom is 0.197 e. The molecule has 76 valence electrons. The van der Waals surface area contributed by atoms with Crippen LogP contribution in [0.15, 0.2) is 22.6 Å². The fourth-order valence-electron chi connectivity index (χ4n) is 0.869. The van der Waals surface area contributed by atoms with Crippen molar-refractivity contribution in [3.05, 3.63) is 17.7 Å². The van der Waals surface area contributed by atoms with Crippen molar-refractivity contribution in [3.63, 3.8) is 0 Å². The number of ether oxygens (including phenoxy) is 1. The zero-order chi connectivity index (χ0) is 10.6. The minimum absolute atomic E-state index is 0.132. The normalized spacial score (nSPS) is 17.4. The Morgan fingerprint density at radius 1 is 1.71 bits per heavy atom. The van der Waals surface area contributed by atoms with Gasteiger partial charge in [0.2, 0.25) is 0 Å². The Morgan fingerprint density at radius 3 is 2.93 bits per heavy atom. The molecule has 1 unspecified atom stereocenters. The first-order valence-corrected chi connectivity index (χ1v) is 5.51. The van der Waals surface area contributed by atoms with Crippen LogP contribution in [0.1, 0.15) is 6.92 Å². The smallest absolute Gasteiger partial charge is 0.197 e. The second-order valence-electron chi connectivity index (χ2n) is 2.42. The summed E-state index contributed by atoms with van der Waals surface area (Å²) in [6.07, 6.45) is 2.82. The summed E-state index contributed by atoms with van der Waals surface area (Å²) in [5, 5.41) is 2.82. The summed E-state index contributed by atoms with van der Waals surface area (Å²) in [6.45, 7) is 2.22. The molecule has 0 saturated carbocycles. The molecule has 0 spiro atoms. The van der Waals surface area contributed by atoms with E-state index < -0.39 is 10.8 Å². The monoisotopic (exact) mass is 214 g/mol. The number of carbonyl (C=O) groups excluding carboxylic acids is 1. The Labute approximate surface area is 84.0 Å². The fraction of sp³-hybridized carbons (Fsp3) is 0.375. The van der Waals surface area contributed by atoms with Crippen molar-refractivity contribution in [3.8, 4) is 0 Å². The third kappa shape index (κ3) is 2.31. The van der Waals surface area contributed by atoms with E-state index in [1.165, 1.54) is 12.5 Å². The van der Waals surface area contributed by atoms with Crippen molar-refractivity contribution < 1.29 is 13.7 Å². The van der Waals surface area contributed by atoms with E-state index in [0.717, 1.165) is 0 Å². The third-order valence-electron chi connectivity index (χ3n) is 1.45. The number of hydrogen-bond donors (Lipinski definition) is 1. The lowest BCUT2D eigenvalue weighted by atomic mass is 10.4. The van der Waals surface area contributed by atoms with Crippen LogP contribution in [0.25, 0.3) is 0 Å². The second kappa shape index (κ2) is 4.74. The number of rotatable bonds is 2. The molecule has 0 aromatic heterocycles. The van der Waals surface area contributed by atoms with Crippen molar-refractivity contribution in [2.45, 2.75) is 6.92 Å². The second-order valence-corrected chi connectivity index (χ2v) is 3.71. The van der Waals surface area contributed by atoms with Crippen LogP contribution in [-0.4, -0.2) is 28.2 Å². The predicted octanol–water partition coefficient (Wildman–Crippen LogP) is -0.0825. The van der Waals surface area contributed by atoms with Crippen molar-refractivity contribution in [2.24, 2.45) is 4.99 Å². The molecule has 1 aliphatic rings. The largest absolute Gasteiger partial charge is 0.489 e. The quantitative estimate of drug-likeness (QED) is 0.653. The van der Waals surface area contributed by atoms with Gasteiger partial charge in [-0.1, -0.05) is 0 Å². The molecule has 0 aromatic rings. The van der Waals surface area contributed by atoms with Gasteiger partial charge in [-0.15, -0.1) is 0 Å². The van der Waals surface area contributed by atoms with E-state index in [4.69, 9.17) is 4.74 Å². The molecule has 5 nitrogen and oxygen atoms in total. The minimum Gasteiger partial charge on any atom is -0.489 e. The van der Waals surface area contributed by atoms with E-state index >= 15 is 0 Å². The lowest BCUT2D eigenvalue weighted by molar-refractivity contribution is 0.234. The van der Waals surface area contributed by atoms with Crippen LogP contribution in [-0.2, 0) is 20.3 Å². The van der Waals surface area contributed by atoms with E-state index in [9.17, 15) is 9.00 Å². The van der Waals surface area contributed by atoms with Gasteiger partial charge in [-0.05, 0) is 6.92 Å². The van der Waals surface area contributed by atoms with Crippen molar-refractivity contribution in [1.29, 1.82) is 0 Å². The first-order valence-electron chi connectivity index (χ1n) is 3.95. The molecule has 0 aliphatic carbocycles. The molecule has 0 bridgehead atoms. The van der Waals surface area contributed by atoms with E-state index in [1.54, 1.807) is 12.9 Å². The molecular weight excluding hydrogens is 204 g/mol. The van der Waals surface area contributed by atoms with E-state index in [2.05, 4.69) is 10.3 Å². The molecule has 1 aliphatic heterocycles. The molecule has 1 rings (SSSR count). The van der Waals surface area contributed by atoms with Gasteiger partial charge in [0, 0.05) is 6.26 Å². The first kappa shape index (κ1) is 10.7. The Balaban J connectivity index is 2.96. The molecule has 6 heteroatoms. The Hall–Kier alpha value is -1.39. The minimum atomic E-state index is -1.25. The van der Waals surface area contributed by atoms with Gasteiger partial charge in [0.15, 0.2) is 22.6 Å². The van der Waals surface area contributed by atoms with Crippen molar-refractivity contribution >= 4 is 21.9 Å². The van der Waals surface area contributed by atoms with Gasteiger partial charge >= 0.3 is 0 Å². The summed E-state index contributed by atoms with van der Waals surface area (Å²) < 4.78 is 16.1. The topological polar surface area (TPSA) is 67.8 Å². The van der Waals surface area contributed by atoms with Crippen LogP contribution in [0, 0.1) is 0 Å². The van der Waals surface area contributed by atoms with Gasteiger partial charge in [-0.2, -0.15) is 0 Å². The number of nitrogens with one attached hydrogen (secondary N) is 1. The van der Waals surface area contributed by atoms with Gasteiger partial charge in [0.25, 0.3) is 0 Å². The third-order valence-corrected chi connectivity index (χ3v) is 2.20. The van der Waals surface area contributed by atoms with Gasteiger partial charge in [0.1, 0.15) is 0 Å². The average molecular weight is 214 g/mol. The highest BCUT2D eigenvalue weighted by Gasteiger charge is 2.16. The van der Waals surface area contributed by atoms with Crippen LogP contribution >= 0.6 is 0 Å². The maximum absolute atomic E-state index is 11.0. The zero-order valence-electron chi connectivity index (χ0n) is 7.86. The van der Waals surface area contributed by atoms with Crippen molar-refractivity contribution in [2.75, 3.05) is 12.9 Å². The molecule has 0 aromatic carbocycles. The van der Waals surface area contributed by atoms with Crippen LogP contribution in [0.4, 0.5) is 0 Å². The molecule has 0 radical (unpaired) electrons. The molecule has 1 atom stereocenters. The molecule has 1 N–H and O–H groups in total. The molecule has 0 saturated heterocycles. The highest BCUT2D eigenvalue weighted by Crippen LogP contribution is 2.10. The number of aliphatic imine (C=N–C) groups is 1. The number of amidine groups is 1. The highest BCUT2D eigenvalue weighted by atomic mass is 32.2. The molecule has 0 amide bonds. The summed E-state index contributed by atoms with van der Waals surface area (Å²) in [4.78, 5) is 14.4. The fourth-order valence-corrected chi connectivity index (χ4v) is 1.32. The van der Waals surface area contributed by atoms with E-state index in [0.29, 0.717) is 12.4 Å². The Kier molecular flexibility index (Phi) is 3.62. The lowest BCUT2D eigenvalue weighted by Crippen LogP contribution is -2.30. The summed E-state index contributed by atoms with van der Waals surface area (Å²) in [5.41, 5.74) is 0.132. The molecule has 1 heterocycles.